The van der Waals surface area contributed by atoms with Crippen LogP contribution in [0.3, 0.4) is 0 Å². The smallest absolute Gasteiger partial charge is 0.231 e. The number of carbonyl (C=O) groups is 1. The minimum Gasteiger partial charge on any atom is -0.493 e. The lowest BCUT2D eigenvalue weighted by Crippen LogP contribution is -2.15. The molecular formula is C19H21N3O5S. The van der Waals surface area contributed by atoms with Gasteiger partial charge in [-0.15, -0.1) is 0 Å². The molecule has 1 amide bonds. The molecule has 0 aliphatic heterocycles. The Hall–Kier alpha value is -3.07. The van der Waals surface area contributed by atoms with Crippen molar-refractivity contribution in [2.75, 3.05) is 25.3 Å². The first kappa shape index (κ1) is 19.7. The van der Waals surface area contributed by atoms with Crippen LogP contribution in [0.1, 0.15) is 12.5 Å². The van der Waals surface area contributed by atoms with E-state index in [1.165, 1.54) is 19.2 Å². The lowest BCUT2D eigenvalue weighted by Gasteiger charge is -2.06. The molecule has 0 fully saturated rings. The number of nitrogens with zero attached hydrogens (tertiary/aromatic N) is 1. The summed E-state index contributed by atoms with van der Waals surface area (Å²) in [4.78, 5) is 19.9. The van der Waals surface area contributed by atoms with Gasteiger partial charge in [0.1, 0.15) is 0 Å². The number of hydrogen-bond acceptors (Lipinski definition) is 6. The predicted octanol–water partition coefficient (Wildman–Crippen LogP) is 2.55. The van der Waals surface area contributed by atoms with E-state index in [2.05, 4.69) is 15.3 Å². The number of H-pyrrole nitrogens is 1. The van der Waals surface area contributed by atoms with Crippen LogP contribution in [0.15, 0.2) is 41.3 Å². The Morgan fingerprint density at radius 3 is 2.36 bits per heavy atom. The van der Waals surface area contributed by atoms with Crippen LogP contribution in [-0.2, 0) is 21.1 Å². The zero-order chi connectivity index (χ0) is 20.3. The van der Waals surface area contributed by atoms with Gasteiger partial charge in [-0.1, -0.05) is 19.1 Å². The quantitative estimate of drug-likeness (QED) is 0.627. The molecule has 3 rings (SSSR count). The van der Waals surface area contributed by atoms with Crippen LogP contribution < -0.4 is 14.8 Å². The lowest BCUT2D eigenvalue weighted by atomic mass is 10.1. The minimum atomic E-state index is -3.25. The summed E-state index contributed by atoms with van der Waals surface area (Å²) in [5.41, 5.74) is 2.02. The Bertz CT molecular complexity index is 1060. The molecular weight excluding hydrogens is 382 g/mol. The number of anilines is 1. The number of hydrogen-bond donors (Lipinski definition) is 2. The molecule has 0 radical (unpaired) electrons. The molecule has 9 heteroatoms. The Morgan fingerprint density at radius 1 is 1.11 bits per heavy atom. The number of nitrogens with one attached hydrogen (secondary N) is 2. The van der Waals surface area contributed by atoms with E-state index in [-0.39, 0.29) is 23.0 Å². The number of fused-ring (bicyclic) bond motifs is 1. The molecule has 0 bridgehead atoms. The van der Waals surface area contributed by atoms with Crippen molar-refractivity contribution in [3.63, 3.8) is 0 Å². The highest BCUT2D eigenvalue weighted by atomic mass is 32.2. The molecule has 1 heterocycles. The van der Waals surface area contributed by atoms with Gasteiger partial charge in [-0.05, 0) is 17.7 Å². The van der Waals surface area contributed by atoms with Crippen molar-refractivity contribution in [3.8, 4) is 11.5 Å². The van der Waals surface area contributed by atoms with Gasteiger partial charge in [0.05, 0.1) is 42.3 Å². The summed E-state index contributed by atoms with van der Waals surface area (Å²) < 4.78 is 34.2. The van der Waals surface area contributed by atoms with Crippen LogP contribution in [-0.4, -0.2) is 44.3 Å². The summed E-state index contributed by atoms with van der Waals surface area (Å²) >= 11 is 0. The van der Waals surface area contributed by atoms with E-state index in [1.54, 1.807) is 38.3 Å². The Kier molecular flexibility index (Phi) is 5.55. The first-order valence-corrected chi connectivity index (χ1v) is 10.2. The molecule has 0 saturated carbocycles. The monoisotopic (exact) mass is 403 g/mol. The molecule has 8 nitrogen and oxygen atoms in total. The third-order valence-electron chi connectivity index (χ3n) is 4.27. The number of aromatic nitrogens is 2. The summed E-state index contributed by atoms with van der Waals surface area (Å²) in [7, 11) is -0.175. The van der Waals surface area contributed by atoms with E-state index < -0.39 is 9.84 Å². The lowest BCUT2D eigenvalue weighted by molar-refractivity contribution is -0.115. The molecule has 2 aromatic carbocycles. The fourth-order valence-electron chi connectivity index (χ4n) is 2.74. The number of ether oxygens (including phenoxy) is 2. The van der Waals surface area contributed by atoms with Gasteiger partial charge in [-0.25, -0.2) is 13.4 Å². The highest BCUT2D eigenvalue weighted by Gasteiger charge is 2.14. The average molecular weight is 403 g/mol. The second-order valence-electron chi connectivity index (χ2n) is 6.08. The predicted molar refractivity (Wildman–Crippen MR) is 106 cm³/mol. The molecule has 28 heavy (non-hydrogen) atoms. The third kappa shape index (κ3) is 4.09. The second-order valence-corrected chi connectivity index (χ2v) is 8.36. The fourth-order valence-corrected chi connectivity index (χ4v) is 3.62. The van der Waals surface area contributed by atoms with Crippen LogP contribution in [0.2, 0.25) is 0 Å². The maximum absolute atomic E-state index is 12.3. The summed E-state index contributed by atoms with van der Waals surface area (Å²) in [6.45, 7) is 1.59. The van der Waals surface area contributed by atoms with Crippen molar-refractivity contribution in [3.05, 3.63) is 42.0 Å². The van der Waals surface area contributed by atoms with Crippen molar-refractivity contribution in [1.29, 1.82) is 0 Å². The Labute approximate surface area is 162 Å². The molecule has 2 N–H and O–H groups in total. The maximum Gasteiger partial charge on any atom is 0.231 e. The third-order valence-corrected chi connectivity index (χ3v) is 6.02. The van der Waals surface area contributed by atoms with Crippen molar-refractivity contribution < 1.29 is 22.7 Å². The summed E-state index contributed by atoms with van der Waals surface area (Å²) in [6, 6.07) is 9.76. The molecule has 3 aromatic rings. The van der Waals surface area contributed by atoms with E-state index in [0.29, 0.717) is 34.0 Å². The van der Waals surface area contributed by atoms with Gasteiger partial charge < -0.3 is 14.5 Å². The van der Waals surface area contributed by atoms with E-state index in [1.807, 2.05) is 0 Å². The number of carbonyl (C=O) groups excluding carboxylic acids is 1. The number of methoxy groups -OCH3 is 2. The van der Waals surface area contributed by atoms with E-state index in [4.69, 9.17) is 9.47 Å². The number of benzene rings is 2. The zero-order valence-corrected chi connectivity index (χ0v) is 16.6. The number of aromatic amines is 1. The average Bonchev–Trinajstić information content (AvgIpc) is 3.07. The van der Waals surface area contributed by atoms with Gasteiger partial charge in [0.15, 0.2) is 21.3 Å². The highest BCUT2D eigenvalue weighted by Crippen LogP contribution is 2.31. The van der Waals surface area contributed by atoms with E-state index >= 15 is 0 Å². The Balaban J connectivity index is 1.72. The van der Waals surface area contributed by atoms with Crippen LogP contribution in [0.25, 0.3) is 11.0 Å². The van der Waals surface area contributed by atoms with Gasteiger partial charge in [0.2, 0.25) is 11.9 Å². The Morgan fingerprint density at radius 2 is 1.75 bits per heavy atom. The van der Waals surface area contributed by atoms with Crippen LogP contribution in [0.5, 0.6) is 11.5 Å². The van der Waals surface area contributed by atoms with Crippen molar-refractivity contribution in [2.24, 2.45) is 0 Å². The molecule has 1 aromatic heterocycles. The van der Waals surface area contributed by atoms with Gasteiger partial charge in [-0.2, -0.15) is 0 Å². The summed E-state index contributed by atoms with van der Waals surface area (Å²) in [5, 5.41) is 2.71. The largest absolute Gasteiger partial charge is 0.493 e. The maximum atomic E-state index is 12.3. The van der Waals surface area contributed by atoms with Crippen LogP contribution in [0.4, 0.5) is 5.95 Å². The van der Waals surface area contributed by atoms with E-state index in [0.717, 1.165) is 0 Å². The van der Waals surface area contributed by atoms with Gasteiger partial charge in [-0.3, -0.25) is 10.1 Å². The number of rotatable bonds is 7. The standard InChI is InChI=1S/C19H21N3O5S/c1-4-28(24,25)13-7-5-12(6-8-13)9-18(23)22-19-20-14-10-16(26-2)17(27-3)11-15(14)21-19/h5-8,10-11H,4,9H2,1-3H3,(H2,20,21,22,23). The van der Waals surface area contributed by atoms with Gasteiger partial charge in [0, 0.05) is 12.1 Å². The molecule has 0 unspecified atom stereocenters. The fraction of sp³-hybridized carbons (Fsp3) is 0.263. The van der Waals surface area contributed by atoms with Crippen molar-refractivity contribution >= 4 is 32.7 Å². The number of amides is 1. The minimum absolute atomic E-state index is 0.0362. The van der Waals surface area contributed by atoms with Crippen molar-refractivity contribution in [2.45, 2.75) is 18.2 Å². The van der Waals surface area contributed by atoms with Gasteiger partial charge >= 0.3 is 0 Å². The second kappa shape index (κ2) is 7.89. The van der Waals surface area contributed by atoms with E-state index in [9.17, 15) is 13.2 Å². The molecule has 0 aliphatic rings. The molecule has 0 saturated heterocycles. The normalized spacial score (nSPS) is 11.4. The first-order valence-electron chi connectivity index (χ1n) is 8.59. The highest BCUT2D eigenvalue weighted by molar-refractivity contribution is 7.91. The van der Waals surface area contributed by atoms with Crippen molar-refractivity contribution in [1.82, 2.24) is 9.97 Å². The van der Waals surface area contributed by atoms with Gasteiger partial charge in [0.25, 0.3) is 0 Å². The van der Waals surface area contributed by atoms with Crippen LogP contribution >= 0.6 is 0 Å². The zero-order valence-electron chi connectivity index (χ0n) is 15.8. The number of sulfone groups is 1. The summed E-state index contributed by atoms with van der Waals surface area (Å²) in [6.07, 6.45) is 0.0934. The SMILES string of the molecule is CCS(=O)(=O)c1ccc(CC(=O)Nc2nc3cc(OC)c(OC)cc3[nH]2)cc1. The molecule has 0 atom stereocenters. The first-order chi connectivity index (χ1) is 13.4. The summed E-state index contributed by atoms with van der Waals surface area (Å²) in [5.74, 6) is 1.17. The van der Waals surface area contributed by atoms with Crippen LogP contribution in [0, 0.1) is 0 Å². The number of imidazole rings is 1. The molecule has 0 spiro atoms. The molecule has 148 valence electrons. The molecule has 0 aliphatic carbocycles. The topological polar surface area (TPSA) is 110 Å².